The fourth-order valence-electron chi connectivity index (χ4n) is 3.04. The van der Waals surface area contributed by atoms with E-state index in [1.54, 1.807) is 0 Å². The molecule has 3 heteroatoms. The first-order chi connectivity index (χ1) is 8.06. The molecule has 100 valence electrons. The summed E-state index contributed by atoms with van der Waals surface area (Å²) in [5, 5.41) is 19.7. The van der Waals surface area contributed by atoms with Gasteiger partial charge in [-0.05, 0) is 50.4 Å². The van der Waals surface area contributed by atoms with Crippen LogP contribution in [0.4, 0.5) is 0 Å². The lowest BCUT2D eigenvalue weighted by molar-refractivity contribution is -0.102. The lowest BCUT2D eigenvalue weighted by atomic mass is 9.84. The molecule has 0 heterocycles. The molecule has 0 aliphatic heterocycles. The van der Waals surface area contributed by atoms with Gasteiger partial charge in [0.15, 0.2) is 0 Å². The average molecular weight is 242 g/mol. The monoisotopic (exact) mass is 242 g/mol. The molecule has 2 saturated carbocycles. The van der Waals surface area contributed by atoms with Gasteiger partial charge in [0.1, 0.15) is 0 Å². The Hall–Kier alpha value is -0.120. The molecule has 6 atom stereocenters. The molecular weight excluding hydrogens is 216 g/mol. The van der Waals surface area contributed by atoms with Crippen LogP contribution in [0.3, 0.4) is 0 Å². The van der Waals surface area contributed by atoms with E-state index in [2.05, 4.69) is 13.8 Å². The standard InChI is InChI=1S/C14H26O3/c1-9-3-5-11(7-13(9)15)17-12-6-4-10(2)14(16)8-12/h9-16H,3-8H2,1-2H3. The fraction of sp³-hybridized carbons (Fsp3) is 1.00. The first kappa shape index (κ1) is 13.3. The zero-order chi connectivity index (χ0) is 12.4. The Labute approximate surface area is 104 Å². The quantitative estimate of drug-likeness (QED) is 0.779. The maximum Gasteiger partial charge on any atom is 0.0603 e. The molecule has 0 radical (unpaired) electrons. The second-order valence-electron chi connectivity index (χ2n) is 6.10. The van der Waals surface area contributed by atoms with Crippen molar-refractivity contribution in [2.24, 2.45) is 11.8 Å². The van der Waals surface area contributed by atoms with Crippen molar-refractivity contribution in [1.82, 2.24) is 0 Å². The third-order valence-corrected chi connectivity index (χ3v) is 4.60. The van der Waals surface area contributed by atoms with Gasteiger partial charge in [-0.2, -0.15) is 0 Å². The topological polar surface area (TPSA) is 49.7 Å². The Morgan fingerprint density at radius 1 is 0.765 bits per heavy atom. The number of hydrogen-bond acceptors (Lipinski definition) is 3. The Morgan fingerprint density at radius 3 is 1.53 bits per heavy atom. The molecule has 0 saturated heterocycles. The minimum absolute atomic E-state index is 0.201. The summed E-state index contributed by atoms with van der Waals surface area (Å²) in [5.74, 6) is 0.818. The van der Waals surface area contributed by atoms with Gasteiger partial charge >= 0.3 is 0 Å². The molecule has 0 amide bonds. The third kappa shape index (κ3) is 3.43. The van der Waals surface area contributed by atoms with Gasteiger partial charge < -0.3 is 14.9 Å². The summed E-state index contributed by atoms with van der Waals surface area (Å²) >= 11 is 0. The highest BCUT2D eigenvalue weighted by molar-refractivity contribution is 4.82. The lowest BCUT2D eigenvalue weighted by Gasteiger charge is -2.37. The Kier molecular flexibility index (Phi) is 4.45. The predicted molar refractivity (Wildman–Crippen MR) is 66.7 cm³/mol. The number of rotatable bonds is 2. The molecule has 6 unspecified atom stereocenters. The number of aliphatic hydroxyl groups is 2. The van der Waals surface area contributed by atoms with E-state index in [0.717, 1.165) is 38.5 Å². The minimum Gasteiger partial charge on any atom is -0.393 e. The molecule has 2 N–H and O–H groups in total. The molecule has 2 aliphatic rings. The van der Waals surface area contributed by atoms with Crippen molar-refractivity contribution >= 4 is 0 Å². The van der Waals surface area contributed by atoms with E-state index < -0.39 is 0 Å². The second kappa shape index (κ2) is 5.68. The van der Waals surface area contributed by atoms with E-state index in [0.29, 0.717) is 11.8 Å². The second-order valence-corrected chi connectivity index (χ2v) is 6.10. The number of hydrogen-bond donors (Lipinski definition) is 2. The zero-order valence-electron chi connectivity index (χ0n) is 11.0. The van der Waals surface area contributed by atoms with Crippen LogP contribution in [0.2, 0.25) is 0 Å². The Morgan fingerprint density at radius 2 is 1.18 bits per heavy atom. The van der Waals surface area contributed by atoms with Crippen molar-refractivity contribution < 1.29 is 14.9 Å². The van der Waals surface area contributed by atoms with E-state index in [9.17, 15) is 10.2 Å². The summed E-state index contributed by atoms with van der Waals surface area (Å²) in [5.41, 5.74) is 0. The van der Waals surface area contributed by atoms with Crippen LogP contribution < -0.4 is 0 Å². The smallest absolute Gasteiger partial charge is 0.0603 e. The van der Waals surface area contributed by atoms with Crippen LogP contribution in [0.1, 0.15) is 52.4 Å². The summed E-state index contributed by atoms with van der Waals surface area (Å²) in [4.78, 5) is 0. The van der Waals surface area contributed by atoms with Gasteiger partial charge in [-0.15, -0.1) is 0 Å². The predicted octanol–water partition coefficient (Wildman–Crippen LogP) is 2.10. The van der Waals surface area contributed by atoms with Gasteiger partial charge in [0.05, 0.1) is 24.4 Å². The summed E-state index contributed by atoms with van der Waals surface area (Å²) in [7, 11) is 0. The molecule has 0 aromatic carbocycles. The van der Waals surface area contributed by atoms with Crippen molar-refractivity contribution in [2.45, 2.75) is 76.8 Å². The molecule has 0 bridgehead atoms. The number of aliphatic hydroxyl groups excluding tert-OH is 2. The van der Waals surface area contributed by atoms with Crippen LogP contribution in [-0.2, 0) is 4.74 Å². The van der Waals surface area contributed by atoms with E-state index in [4.69, 9.17) is 4.74 Å². The van der Waals surface area contributed by atoms with E-state index in [1.807, 2.05) is 0 Å². The van der Waals surface area contributed by atoms with Crippen LogP contribution in [-0.4, -0.2) is 34.6 Å². The SMILES string of the molecule is CC1CCC(OC2CCC(C)C(O)C2)CC1O. The van der Waals surface area contributed by atoms with Gasteiger partial charge in [-0.25, -0.2) is 0 Å². The number of ether oxygens (including phenoxy) is 1. The van der Waals surface area contributed by atoms with Crippen LogP contribution in [0.5, 0.6) is 0 Å². The summed E-state index contributed by atoms with van der Waals surface area (Å²) < 4.78 is 6.05. The van der Waals surface area contributed by atoms with Crippen LogP contribution in [0.25, 0.3) is 0 Å². The van der Waals surface area contributed by atoms with Gasteiger partial charge in [0, 0.05) is 0 Å². The minimum atomic E-state index is -0.207. The Balaban J connectivity index is 1.78. The summed E-state index contributed by atoms with van der Waals surface area (Å²) in [6.07, 6.45) is 5.74. The van der Waals surface area contributed by atoms with Crippen LogP contribution in [0.15, 0.2) is 0 Å². The van der Waals surface area contributed by atoms with E-state index >= 15 is 0 Å². The van der Waals surface area contributed by atoms with Gasteiger partial charge in [-0.1, -0.05) is 13.8 Å². The first-order valence-corrected chi connectivity index (χ1v) is 7.08. The molecule has 17 heavy (non-hydrogen) atoms. The Bertz CT molecular complexity index is 220. The highest BCUT2D eigenvalue weighted by atomic mass is 16.5. The maximum absolute atomic E-state index is 9.84. The molecule has 2 aliphatic carbocycles. The van der Waals surface area contributed by atoms with Crippen LogP contribution in [0, 0.1) is 11.8 Å². The highest BCUT2D eigenvalue weighted by Crippen LogP contribution is 2.31. The van der Waals surface area contributed by atoms with Crippen molar-refractivity contribution in [2.75, 3.05) is 0 Å². The maximum atomic E-state index is 9.84. The highest BCUT2D eigenvalue weighted by Gasteiger charge is 2.31. The molecule has 2 fully saturated rings. The summed E-state index contributed by atoms with van der Waals surface area (Å²) in [6.45, 7) is 4.21. The van der Waals surface area contributed by atoms with Crippen molar-refractivity contribution in [3.05, 3.63) is 0 Å². The van der Waals surface area contributed by atoms with Crippen molar-refractivity contribution in [3.63, 3.8) is 0 Å². The van der Waals surface area contributed by atoms with E-state index in [1.165, 1.54) is 0 Å². The van der Waals surface area contributed by atoms with Crippen molar-refractivity contribution in [1.29, 1.82) is 0 Å². The molecule has 0 aromatic heterocycles. The fourth-order valence-corrected chi connectivity index (χ4v) is 3.04. The molecule has 2 rings (SSSR count). The lowest BCUT2D eigenvalue weighted by Crippen LogP contribution is -2.38. The average Bonchev–Trinajstić information content (AvgIpc) is 2.29. The molecule has 3 nitrogen and oxygen atoms in total. The van der Waals surface area contributed by atoms with Crippen LogP contribution >= 0.6 is 0 Å². The van der Waals surface area contributed by atoms with Crippen molar-refractivity contribution in [3.8, 4) is 0 Å². The van der Waals surface area contributed by atoms with Gasteiger partial charge in [0.25, 0.3) is 0 Å². The molecule has 0 aromatic rings. The third-order valence-electron chi connectivity index (χ3n) is 4.60. The zero-order valence-corrected chi connectivity index (χ0v) is 11.0. The molecule has 0 spiro atoms. The normalized spacial score (nSPS) is 48.0. The largest absolute Gasteiger partial charge is 0.393 e. The first-order valence-electron chi connectivity index (χ1n) is 7.08. The van der Waals surface area contributed by atoms with Gasteiger partial charge in [-0.3, -0.25) is 0 Å². The van der Waals surface area contributed by atoms with Gasteiger partial charge in [0.2, 0.25) is 0 Å². The molecular formula is C14H26O3. The summed E-state index contributed by atoms with van der Waals surface area (Å²) in [6, 6.07) is 0. The van der Waals surface area contributed by atoms with E-state index in [-0.39, 0.29) is 24.4 Å².